The lowest BCUT2D eigenvalue weighted by Crippen LogP contribution is -2.54. The Morgan fingerprint density at radius 3 is 2.38 bits per heavy atom. The largest absolute Gasteiger partial charge is 0.391 e. The van der Waals surface area contributed by atoms with Gasteiger partial charge in [-0.1, -0.05) is 30.3 Å². The van der Waals surface area contributed by atoms with E-state index < -0.39 is 8.56 Å². The molecular weight excluding hydrogens is 284 g/mol. The number of benzene rings is 1. The Hall–Kier alpha value is -0.723. The number of hydrogen-bond acceptors (Lipinski definition) is 4. The molecule has 21 heavy (non-hydrogen) atoms. The SMILES string of the molecule is CCO[Si](CCCOC[C@H]1CO1)(OCC)c1ccccc1. The Kier molecular flexibility index (Phi) is 6.86. The molecule has 1 aliphatic heterocycles. The Labute approximate surface area is 128 Å². The Morgan fingerprint density at radius 2 is 1.81 bits per heavy atom. The van der Waals surface area contributed by atoms with Crippen LogP contribution in [-0.2, 0) is 18.3 Å². The van der Waals surface area contributed by atoms with E-state index in [4.69, 9.17) is 18.3 Å². The van der Waals surface area contributed by atoms with Gasteiger partial charge in [-0.25, -0.2) is 0 Å². The van der Waals surface area contributed by atoms with Crippen LogP contribution in [0.2, 0.25) is 6.04 Å². The van der Waals surface area contributed by atoms with E-state index in [-0.39, 0.29) is 0 Å². The molecule has 0 unspecified atom stereocenters. The summed E-state index contributed by atoms with van der Waals surface area (Å²) in [6.07, 6.45) is 1.29. The van der Waals surface area contributed by atoms with Gasteiger partial charge in [0.25, 0.3) is 0 Å². The van der Waals surface area contributed by atoms with Gasteiger partial charge >= 0.3 is 8.56 Å². The van der Waals surface area contributed by atoms with Gasteiger partial charge in [0.2, 0.25) is 0 Å². The molecule has 0 N–H and O–H groups in total. The van der Waals surface area contributed by atoms with Crippen LogP contribution < -0.4 is 5.19 Å². The lowest BCUT2D eigenvalue weighted by atomic mass is 10.4. The molecule has 0 radical (unpaired) electrons. The van der Waals surface area contributed by atoms with E-state index in [2.05, 4.69) is 24.3 Å². The Morgan fingerprint density at radius 1 is 1.14 bits per heavy atom. The molecule has 0 aromatic heterocycles. The quantitative estimate of drug-likeness (QED) is 0.357. The fourth-order valence-corrected chi connectivity index (χ4v) is 5.68. The highest BCUT2D eigenvalue weighted by molar-refractivity contribution is 6.81. The zero-order chi connectivity index (χ0) is 15.0. The van der Waals surface area contributed by atoms with E-state index in [1.165, 1.54) is 5.19 Å². The van der Waals surface area contributed by atoms with Gasteiger partial charge in [0.05, 0.1) is 13.2 Å². The highest BCUT2D eigenvalue weighted by Crippen LogP contribution is 2.17. The molecular formula is C16H26O4Si. The van der Waals surface area contributed by atoms with Crippen LogP contribution in [0.15, 0.2) is 30.3 Å². The minimum atomic E-state index is -2.34. The first-order valence-electron chi connectivity index (χ1n) is 7.83. The molecule has 1 aromatic carbocycles. The van der Waals surface area contributed by atoms with Gasteiger partial charge in [-0.05, 0) is 31.5 Å². The van der Waals surface area contributed by atoms with Crippen LogP contribution in [0.4, 0.5) is 0 Å². The van der Waals surface area contributed by atoms with Gasteiger partial charge in [0.1, 0.15) is 6.10 Å². The van der Waals surface area contributed by atoms with Gasteiger partial charge in [-0.15, -0.1) is 0 Å². The van der Waals surface area contributed by atoms with Crippen molar-refractivity contribution >= 4 is 13.7 Å². The van der Waals surface area contributed by atoms with Crippen molar-refractivity contribution in [1.82, 2.24) is 0 Å². The highest BCUT2D eigenvalue weighted by Gasteiger charge is 2.39. The second kappa shape index (κ2) is 8.65. The molecule has 1 fully saturated rings. The van der Waals surface area contributed by atoms with E-state index in [1.807, 2.05) is 19.9 Å². The smallest absolute Gasteiger partial charge is 0.372 e. The summed E-state index contributed by atoms with van der Waals surface area (Å²) in [6.45, 7) is 7.72. The Balaban J connectivity index is 1.92. The van der Waals surface area contributed by atoms with Crippen molar-refractivity contribution in [2.24, 2.45) is 0 Å². The lowest BCUT2D eigenvalue weighted by Gasteiger charge is -2.30. The topological polar surface area (TPSA) is 40.2 Å². The molecule has 1 aromatic rings. The van der Waals surface area contributed by atoms with Crippen LogP contribution in [0, 0.1) is 0 Å². The fourth-order valence-electron chi connectivity index (χ4n) is 2.44. The van der Waals surface area contributed by atoms with Crippen LogP contribution in [0.5, 0.6) is 0 Å². The Bertz CT molecular complexity index is 389. The van der Waals surface area contributed by atoms with Crippen molar-refractivity contribution in [3.05, 3.63) is 30.3 Å². The maximum Gasteiger partial charge on any atom is 0.372 e. The van der Waals surface area contributed by atoms with Crippen LogP contribution in [-0.4, -0.2) is 47.7 Å². The lowest BCUT2D eigenvalue weighted by molar-refractivity contribution is 0.113. The monoisotopic (exact) mass is 310 g/mol. The molecule has 1 aliphatic rings. The number of ether oxygens (including phenoxy) is 2. The zero-order valence-electron chi connectivity index (χ0n) is 13.0. The molecule has 0 bridgehead atoms. The summed E-state index contributed by atoms with van der Waals surface area (Å²) in [5.41, 5.74) is 0. The summed E-state index contributed by atoms with van der Waals surface area (Å²) < 4.78 is 23.0. The molecule has 4 nitrogen and oxygen atoms in total. The van der Waals surface area contributed by atoms with Crippen molar-refractivity contribution in [3.63, 3.8) is 0 Å². The average molecular weight is 310 g/mol. The molecule has 0 amide bonds. The summed E-state index contributed by atoms with van der Waals surface area (Å²) >= 11 is 0. The van der Waals surface area contributed by atoms with Crippen LogP contribution >= 0.6 is 0 Å². The molecule has 1 heterocycles. The first-order valence-corrected chi connectivity index (χ1v) is 9.86. The van der Waals surface area contributed by atoms with E-state index in [9.17, 15) is 0 Å². The van der Waals surface area contributed by atoms with Gasteiger partial charge in [0, 0.05) is 19.8 Å². The van der Waals surface area contributed by atoms with Gasteiger partial charge in [0.15, 0.2) is 0 Å². The summed E-state index contributed by atoms with van der Waals surface area (Å²) in [7, 11) is -2.34. The third kappa shape index (κ3) is 5.20. The normalized spacial score (nSPS) is 17.9. The minimum absolute atomic E-state index is 0.333. The number of epoxide rings is 1. The molecule has 0 spiro atoms. The third-order valence-corrected chi connectivity index (χ3v) is 7.20. The predicted molar refractivity (Wildman–Crippen MR) is 85.1 cm³/mol. The molecule has 118 valence electrons. The molecule has 0 saturated carbocycles. The maximum atomic E-state index is 6.13. The molecule has 0 aliphatic carbocycles. The predicted octanol–water partition coefficient (Wildman–Crippen LogP) is 2.21. The standard InChI is InChI=1S/C16H26O4Si/c1-3-19-21(20-4-2,16-9-6-5-7-10-16)12-8-11-17-13-15-14-18-15/h5-7,9-10,15H,3-4,8,11-14H2,1-2H3/t15-/m0/s1. The summed E-state index contributed by atoms with van der Waals surface area (Å²) in [6, 6.07) is 11.3. The van der Waals surface area contributed by atoms with Crippen molar-refractivity contribution in [2.45, 2.75) is 32.4 Å². The first kappa shape index (κ1) is 16.6. The maximum absolute atomic E-state index is 6.13. The van der Waals surface area contributed by atoms with E-state index in [1.54, 1.807) is 0 Å². The van der Waals surface area contributed by atoms with Crippen LogP contribution in [0.3, 0.4) is 0 Å². The minimum Gasteiger partial charge on any atom is -0.391 e. The second-order valence-corrected chi connectivity index (χ2v) is 8.28. The second-order valence-electron chi connectivity index (χ2n) is 5.12. The van der Waals surface area contributed by atoms with Gasteiger partial charge < -0.3 is 18.3 Å². The van der Waals surface area contributed by atoms with Crippen molar-refractivity contribution in [1.29, 1.82) is 0 Å². The summed E-state index contributed by atoms with van der Waals surface area (Å²) in [4.78, 5) is 0. The highest BCUT2D eigenvalue weighted by atomic mass is 28.4. The molecule has 2 rings (SSSR count). The van der Waals surface area contributed by atoms with E-state index in [0.717, 1.165) is 25.7 Å². The first-order chi connectivity index (χ1) is 10.3. The van der Waals surface area contributed by atoms with Crippen molar-refractivity contribution in [3.8, 4) is 0 Å². The number of hydrogen-bond donors (Lipinski definition) is 0. The summed E-state index contributed by atoms with van der Waals surface area (Å²) in [5.74, 6) is 0. The van der Waals surface area contributed by atoms with E-state index >= 15 is 0 Å². The zero-order valence-corrected chi connectivity index (χ0v) is 14.0. The average Bonchev–Trinajstić information content (AvgIpc) is 3.32. The molecule has 5 heteroatoms. The van der Waals surface area contributed by atoms with Crippen LogP contribution in [0.25, 0.3) is 0 Å². The van der Waals surface area contributed by atoms with E-state index in [0.29, 0.717) is 25.9 Å². The van der Waals surface area contributed by atoms with Gasteiger partial charge in [-0.3, -0.25) is 0 Å². The molecule has 1 atom stereocenters. The van der Waals surface area contributed by atoms with Crippen molar-refractivity contribution in [2.75, 3.05) is 33.0 Å². The fraction of sp³-hybridized carbons (Fsp3) is 0.625. The number of rotatable bonds is 11. The third-order valence-electron chi connectivity index (χ3n) is 3.47. The van der Waals surface area contributed by atoms with Gasteiger partial charge in [-0.2, -0.15) is 0 Å². The van der Waals surface area contributed by atoms with Crippen LogP contribution in [0.1, 0.15) is 20.3 Å². The summed E-state index contributed by atoms with van der Waals surface area (Å²) in [5, 5.41) is 1.21. The van der Waals surface area contributed by atoms with Crippen molar-refractivity contribution < 1.29 is 18.3 Å². The molecule has 1 saturated heterocycles.